The summed E-state index contributed by atoms with van der Waals surface area (Å²) in [4.78, 5) is 2.19. The minimum atomic E-state index is 0.760. The molecule has 4 heteroatoms. The van der Waals surface area contributed by atoms with E-state index >= 15 is 0 Å². The van der Waals surface area contributed by atoms with Crippen LogP contribution >= 0.6 is 31.9 Å². The van der Waals surface area contributed by atoms with Gasteiger partial charge in [0.2, 0.25) is 0 Å². The molecule has 3 aromatic carbocycles. The molecule has 0 heterocycles. The van der Waals surface area contributed by atoms with Crippen LogP contribution in [-0.2, 0) is 0 Å². The van der Waals surface area contributed by atoms with Crippen molar-refractivity contribution in [2.24, 2.45) is 0 Å². The third-order valence-corrected chi connectivity index (χ3v) is 4.38. The van der Waals surface area contributed by atoms with E-state index in [-0.39, 0.29) is 0 Å². The van der Waals surface area contributed by atoms with Gasteiger partial charge in [0.05, 0.1) is 0 Å². The Morgan fingerprint density at radius 3 is 1.23 bits per heavy atom. The van der Waals surface area contributed by atoms with Crippen molar-refractivity contribution in [3.63, 3.8) is 0 Å². The molecule has 0 spiro atoms. The molecule has 0 aromatic heterocycles. The molecule has 2 radical (unpaired) electrons. The van der Waals surface area contributed by atoms with Gasteiger partial charge in [-0.15, -0.1) is 0 Å². The number of hydrogen-bond acceptors (Lipinski definition) is 1. The van der Waals surface area contributed by atoms with Crippen LogP contribution in [0.5, 0.6) is 0 Å². The van der Waals surface area contributed by atoms with Crippen molar-refractivity contribution >= 4 is 62.2 Å². The Kier molecular flexibility index (Phi) is 4.70. The third kappa shape index (κ3) is 3.45. The second-order valence-electron chi connectivity index (χ2n) is 4.88. The van der Waals surface area contributed by atoms with Crippen molar-refractivity contribution in [3.05, 3.63) is 81.7 Å². The Bertz CT molecular complexity index is 644. The molecule has 0 N–H and O–H groups in total. The van der Waals surface area contributed by atoms with Crippen molar-refractivity contribution in [2.45, 2.75) is 0 Å². The molecule has 3 aromatic rings. The Balaban J connectivity index is 2.10. The second-order valence-corrected chi connectivity index (χ2v) is 6.71. The number of benzene rings is 3. The standard InChI is InChI=1S/C18H12BBr2N/c19-13-1-7-16(8-2-13)22(17-9-3-14(20)4-10-17)18-11-5-15(21)6-12-18/h1-12H. The molecular weight excluding hydrogens is 401 g/mol. The SMILES string of the molecule is [B]c1ccc(N(c2ccc(Br)cc2)c2ccc(Br)cc2)cc1. The maximum atomic E-state index is 5.81. The van der Waals surface area contributed by atoms with Crippen molar-refractivity contribution < 1.29 is 0 Å². The van der Waals surface area contributed by atoms with E-state index in [1.165, 1.54) is 0 Å². The van der Waals surface area contributed by atoms with E-state index in [1.54, 1.807) is 0 Å². The monoisotopic (exact) mass is 411 g/mol. The van der Waals surface area contributed by atoms with Gasteiger partial charge >= 0.3 is 0 Å². The van der Waals surface area contributed by atoms with E-state index in [1.807, 2.05) is 48.5 Å². The van der Waals surface area contributed by atoms with Crippen LogP contribution in [0.4, 0.5) is 17.1 Å². The molecule has 0 saturated carbocycles. The number of hydrogen-bond donors (Lipinski definition) is 0. The maximum Gasteiger partial charge on any atom is 0.113 e. The molecule has 0 aliphatic rings. The summed E-state index contributed by atoms with van der Waals surface area (Å²) in [5.41, 5.74) is 4.01. The molecule has 22 heavy (non-hydrogen) atoms. The largest absolute Gasteiger partial charge is 0.311 e. The summed E-state index contributed by atoms with van der Waals surface area (Å²) in [6.45, 7) is 0. The van der Waals surface area contributed by atoms with E-state index in [0.29, 0.717) is 0 Å². The Morgan fingerprint density at radius 2 is 0.864 bits per heavy atom. The third-order valence-electron chi connectivity index (χ3n) is 3.32. The molecule has 106 valence electrons. The lowest BCUT2D eigenvalue weighted by Gasteiger charge is -2.25. The zero-order valence-corrected chi connectivity index (χ0v) is 14.9. The van der Waals surface area contributed by atoms with Gasteiger partial charge in [-0.1, -0.05) is 49.5 Å². The van der Waals surface area contributed by atoms with Crippen molar-refractivity contribution in [2.75, 3.05) is 4.90 Å². The minimum Gasteiger partial charge on any atom is -0.311 e. The minimum absolute atomic E-state index is 0.760. The zero-order chi connectivity index (χ0) is 15.5. The Hall–Kier alpha value is -1.52. The highest BCUT2D eigenvalue weighted by Gasteiger charge is 2.11. The highest BCUT2D eigenvalue weighted by molar-refractivity contribution is 9.10. The summed E-state index contributed by atoms with van der Waals surface area (Å²) < 4.78 is 2.12. The summed E-state index contributed by atoms with van der Waals surface area (Å²) in [6.07, 6.45) is 0. The van der Waals surface area contributed by atoms with E-state index in [0.717, 1.165) is 31.5 Å². The first-order valence-corrected chi connectivity index (χ1v) is 8.39. The molecule has 0 aliphatic heterocycles. The van der Waals surface area contributed by atoms with Crippen LogP contribution < -0.4 is 10.4 Å². The van der Waals surface area contributed by atoms with Gasteiger partial charge in [0, 0.05) is 26.0 Å². The molecule has 3 rings (SSSR count). The highest BCUT2D eigenvalue weighted by Crippen LogP contribution is 2.35. The van der Waals surface area contributed by atoms with Crippen molar-refractivity contribution in [1.82, 2.24) is 0 Å². The number of nitrogens with zero attached hydrogens (tertiary/aromatic N) is 1. The first-order valence-electron chi connectivity index (χ1n) is 6.80. The molecule has 0 saturated heterocycles. The van der Waals surface area contributed by atoms with Crippen molar-refractivity contribution in [3.8, 4) is 0 Å². The van der Waals surface area contributed by atoms with Gasteiger partial charge in [-0.25, -0.2) is 0 Å². The van der Waals surface area contributed by atoms with Gasteiger partial charge < -0.3 is 4.90 Å². The highest BCUT2D eigenvalue weighted by atomic mass is 79.9. The second kappa shape index (κ2) is 6.72. The fraction of sp³-hybridized carbons (Fsp3) is 0. The fourth-order valence-electron chi connectivity index (χ4n) is 2.25. The van der Waals surface area contributed by atoms with Gasteiger partial charge in [-0.2, -0.15) is 0 Å². The summed E-state index contributed by atoms with van der Waals surface area (Å²) in [5, 5.41) is 0. The molecule has 1 nitrogen and oxygen atoms in total. The van der Waals surface area contributed by atoms with E-state index in [9.17, 15) is 0 Å². The van der Waals surface area contributed by atoms with Crippen LogP contribution in [0.1, 0.15) is 0 Å². The fourth-order valence-corrected chi connectivity index (χ4v) is 2.78. The van der Waals surface area contributed by atoms with Crippen LogP contribution in [-0.4, -0.2) is 7.85 Å². The average Bonchev–Trinajstić information content (AvgIpc) is 2.53. The van der Waals surface area contributed by atoms with E-state index < -0.39 is 0 Å². The predicted octanol–water partition coefficient (Wildman–Crippen LogP) is 5.48. The topological polar surface area (TPSA) is 3.24 Å². The van der Waals surface area contributed by atoms with E-state index in [4.69, 9.17) is 7.85 Å². The first kappa shape index (κ1) is 15.4. The number of anilines is 3. The Labute approximate surface area is 148 Å². The van der Waals surface area contributed by atoms with Gasteiger partial charge in [0.1, 0.15) is 7.85 Å². The number of halogens is 2. The molecule has 0 bridgehead atoms. The number of rotatable bonds is 3. The van der Waals surface area contributed by atoms with Gasteiger partial charge in [-0.3, -0.25) is 0 Å². The smallest absolute Gasteiger partial charge is 0.113 e. The lowest BCUT2D eigenvalue weighted by molar-refractivity contribution is 1.28. The quantitative estimate of drug-likeness (QED) is 0.515. The Morgan fingerprint density at radius 1 is 0.545 bits per heavy atom. The average molecular weight is 413 g/mol. The first-order chi connectivity index (χ1) is 10.6. The lowest BCUT2D eigenvalue weighted by atomic mass is 9.96. The zero-order valence-electron chi connectivity index (χ0n) is 11.7. The van der Waals surface area contributed by atoms with Gasteiger partial charge in [0.25, 0.3) is 0 Å². The lowest BCUT2D eigenvalue weighted by Crippen LogP contribution is -2.11. The molecule has 0 fully saturated rings. The van der Waals surface area contributed by atoms with E-state index in [2.05, 4.69) is 61.0 Å². The van der Waals surface area contributed by atoms with Gasteiger partial charge in [-0.05, 0) is 60.7 Å². The molecule has 0 amide bonds. The normalized spacial score (nSPS) is 10.5. The summed E-state index contributed by atoms with van der Waals surface area (Å²) in [7, 11) is 5.81. The van der Waals surface area contributed by atoms with Gasteiger partial charge in [0.15, 0.2) is 0 Å². The summed E-state index contributed by atoms with van der Waals surface area (Å²) in [6, 6.07) is 24.4. The molecule has 0 atom stereocenters. The molecule has 0 unspecified atom stereocenters. The van der Waals surface area contributed by atoms with Crippen LogP contribution in [0.25, 0.3) is 0 Å². The van der Waals surface area contributed by atoms with Crippen molar-refractivity contribution in [1.29, 1.82) is 0 Å². The summed E-state index contributed by atoms with van der Waals surface area (Å²) >= 11 is 6.97. The van der Waals surface area contributed by atoms with Crippen LogP contribution in [0.2, 0.25) is 0 Å². The maximum absolute atomic E-state index is 5.81. The molecule has 0 aliphatic carbocycles. The predicted molar refractivity (Wildman–Crippen MR) is 102 cm³/mol. The molecular formula is C18H12BBr2N. The van der Waals surface area contributed by atoms with Crippen LogP contribution in [0.3, 0.4) is 0 Å². The van der Waals surface area contributed by atoms with Crippen LogP contribution in [0, 0.1) is 0 Å². The summed E-state index contributed by atoms with van der Waals surface area (Å²) in [5.74, 6) is 0. The van der Waals surface area contributed by atoms with Crippen LogP contribution in [0.15, 0.2) is 81.7 Å².